The first-order valence-electron chi connectivity index (χ1n) is 9.58. The molecule has 0 atom stereocenters. The summed E-state index contributed by atoms with van der Waals surface area (Å²) in [4.78, 5) is 28.8. The average molecular weight is 510 g/mol. The van der Waals surface area contributed by atoms with Crippen LogP contribution in [-0.4, -0.2) is 26.6 Å². The number of amides is 2. The molecule has 4 aromatic rings. The Morgan fingerprint density at radius 2 is 2.06 bits per heavy atom. The Bertz CT molecular complexity index is 1420. The van der Waals surface area contributed by atoms with Gasteiger partial charge in [0, 0.05) is 17.6 Å². The van der Waals surface area contributed by atoms with E-state index in [4.69, 9.17) is 22.1 Å². The molecule has 0 aliphatic carbocycles. The number of pyridine rings is 1. The van der Waals surface area contributed by atoms with Crippen LogP contribution in [0, 0.1) is 12.7 Å². The molecular formula is C21H15ClF3N5O3S. The minimum atomic E-state index is -2.79. The predicted molar refractivity (Wildman–Crippen MR) is 120 cm³/mol. The molecule has 8 nitrogen and oxygen atoms in total. The van der Waals surface area contributed by atoms with Crippen LogP contribution < -0.4 is 15.8 Å². The number of nitrogens with two attached hydrogens (primary N) is 1. The molecule has 0 unspecified atom stereocenters. The standard InChI is InChI=1S/C21H15ClF3N5O3S/c1-9-6-14(18(24)25)27-21-15(9)16(17(34-21)19(26)31)28-20(32)13-4-5-30(29-13)8-33-10-2-3-12(23)11(22)7-10/h2-7,18H,8H2,1H3,(H2,26,31)(H,28,32). The number of thiophene rings is 1. The first-order chi connectivity index (χ1) is 16.1. The molecule has 3 heterocycles. The van der Waals surface area contributed by atoms with Gasteiger partial charge in [0.25, 0.3) is 18.2 Å². The van der Waals surface area contributed by atoms with Gasteiger partial charge in [0.15, 0.2) is 12.4 Å². The van der Waals surface area contributed by atoms with Crippen molar-refractivity contribution in [2.75, 3.05) is 5.32 Å². The Labute approximate surface area is 199 Å². The van der Waals surface area contributed by atoms with Crippen molar-refractivity contribution in [1.82, 2.24) is 14.8 Å². The van der Waals surface area contributed by atoms with Crippen molar-refractivity contribution >= 4 is 50.7 Å². The van der Waals surface area contributed by atoms with Gasteiger partial charge in [-0.1, -0.05) is 11.6 Å². The molecule has 0 saturated carbocycles. The van der Waals surface area contributed by atoms with Gasteiger partial charge in [-0.3, -0.25) is 9.59 Å². The number of anilines is 1. The van der Waals surface area contributed by atoms with E-state index < -0.39 is 29.8 Å². The molecule has 13 heteroatoms. The third-order valence-electron chi connectivity index (χ3n) is 4.69. The third-order valence-corrected chi connectivity index (χ3v) is 6.08. The van der Waals surface area contributed by atoms with E-state index in [9.17, 15) is 22.8 Å². The van der Waals surface area contributed by atoms with Crippen molar-refractivity contribution in [2.24, 2.45) is 5.73 Å². The van der Waals surface area contributed by atoms with Crippen molar-refractivity contribution in [2.45, 2.75) is 20.1 Å². The second kappa shape index (κ2) is 9.31. The zero-order valence-electron chi connectivity index (χ0n) is 17.3. The number of alkyl halides is 2. The average Bonchev–Trinajstić information content (AvgIpc) is 3.40. The van der Waals surface area contributed by atoms with Crippen LogP contribution in [0.25, 0.3) is 10.2 Å². The van der Waals surface area contributed by atoms with E-state index in [1.165, 1.54) is 35.1 Å². The van der Waals surface area contributed by atoms with Gasteiger partial charge < -0.3 is 15.8 Å². The number of ether oxygens (including phenoxy) is 1. The van der Waals surface area contributed by atoms with Gasteiger partial charge >= 0.3 is 0 Å². The quantitative estimate of drug-likeness (QED) is 0.367. The molecule has 0 aliphatic rings. The molecular weight excluding hydrogens is 495 g/mol. The van der Waals surface area contributed by atoms with Gasteiger partial charge in [-0.15, -0.1) is 11.3 Å². The number of hydrogen-bond acceptors (Lipinski definition) is 6. The van der Waals surface area contributed by atoms with E-state index in [-0.39, 0.29) is 32.8 Å². The number of aromatic nitrogens is 3. The summed E-state index contributed by atoms with van der Waals surface area (Å²) in [5, 5.41) is 6.93. The lowest BCUT2D eigenvalue weighted by molar-refractivity contribution is 0.100. The van der Waals surface area contributed by atoms with E-state index >= 15 is 0 Å². The molecule has 0 fully saturated rings. The molecule has 0 aliphatic heterocycles. The molecule has 0 radical (unpaired) electrons. The third kappa shape index (κ3) is 4.68. The number of carbonyl (C=O) groups is 2. The summed E-state index contributed by atoms with van der Waals surface area (Å²) >= 11 is 6.53. The minimum absolute atomic E-state index is 0.00896. The highest BCUT2D eigenvalue weighted by molar-refractivity contribution is 7.21. The van der Waals surface area contributed by atoms with Crippen LogP contribution in [0.15, 0.2) is 36.5 Å². The Hall–Kier alpha value is -3.64. The van der Waals surface area contributed by atoms with Crippen LogP contribution in [0.4, 0.5) is 18.9 Å². The fourth-order valence-electron chi connectivity index (χ4n) is 3.15. The number of fused-ring (bicyclic) bond motifs is 1. The Morgan fingerprint density at radius 1 is 1.29 bits per heavy atom. The maximum Gasteiger partial charge on any atom is 0.280 e. The monoisotopic (exact) mass is 509 g/mol. The second-order valence-corrected chi connectivity index (χ2v) is 8.47. The highest BCUT2D eigenvalue weighted by Gasteiger charge is 2.24. The normalized spacial score (nSPS) is 11.2. The van der Waals surface area contributed by atoms with Gasteiger partial charge in [-0.05, 0) is 36.8 Å². The number of nitrogens with zero attached hydrogens (tertiary/aromatic N) is 3. The van der Waals surface area contributed by atoms with Crippen molar-refractivity contribution in [3.8, 4) is 5.75 Å². The Morgan fingerprint density at radius 3 is 2.74 bits per heavy atom. The minimum Gasteiger partial charge on any atom is -0.471 e. The largest absolute Gasteiger partial charge is 0.471 e. The first-order valence-corrected chi connectivity index (χ1v) is 10.8. The molecule has 1 aromatic carbocycles. The summed E-state index contributed by atoms with van der Waals surface area (Å²) in [5.74, 6) is -1.79. The van der Waals surface area contributed by atoms with Gasteiger partial charge in [0.2, 0.25) is 0 Å². The smallest absolute Gasteiger partial charge is 0.280 e. The number of halogens is 4. The van der Waals surface area contributed by atoms with Crippen molar-refractivity contribution < 1.29 is 27.5 Å². The predicted octanol–water partition coefficient (Wildman–Crippen LogP) is 4.92. The van der Waals surface area contributed by atoms with Crippen LogP contribution in [-0.2, 0) is 6.73 Å². The fourth-order valence-corrected chi connectivity index (χ4v) is 4.39. The van der Waals surface area contributed by atoms with Crippen molar-refractivity contribution in [3.05, 3.63) is 69.2 Å². The Kier molecular flexibility index (Phi) is 6.44. The van der Waals surface area contributed by atoms with Crippen LogP contribution in [0.1, 0.15) is 37.8 Å². The number of rotatable bonds is 7. The summed E-state index contributed by atoms with van der Waals surface area (Å²) in [6.45, 7) is 1.47. The summed E-state index contributed by atoms with van der Waals surface area (Å²) in [6.07, 6.45) is -1.32. The SMILES string of the molecule is Cc1cc(C(F)F)nc2sc(C(N)=O)c(NC(=O)c3ccn(COc4ccc(F)c(Cl)c4)n3)c12. The maximum absolute atomic E-state index is 13.3. The van der Waals surface area contributed by atoms with E-state index in [0.717, 1.165) is 17.4 Å². The number of benzene rings is 1. The van der Waals surface area contributed by atoms with E-state index in [2.05, 4.69) is 15.4 Å². The highest BCUT2D eigenvalue weighted by atomic mass is 35.5. The number of aryl methyl sites for hydroxylation is 1. The molecule has 0 spiro atoms. The number of primary amides is 1. The van der Waals surface area contributed by atoms with Crippen molar-refractivity contribution in [1.29, 1.82) is 0 Å². The van der Waals surface area contributed by atoms with Crippen LogP contribution in [0.2, 0.25) is 5.02 Å². The summed E-state index contributed by atoms with van der Waals surface area (Å²) in [6, 6.07) is 6.45. The summed E-state index contributed by atoms with van der Waals surface area (Å²) in [7, 11) is 0. The molecule has 3 N–H and O–H groups in total. The first kappa shape index (κ1) is 23.5. The van der Waals surface area contributed by atoms with Crippen LogP contribution >= 0.6 is 22.9 Å². The lowest BCUT2D eigenvalue weighted by Gasteiger charge is -2.08. The number of carbonyl (C=O) groups excluding carboxylic acids is 2. The van der Waals surface area contributed by atoms with Gasteiger partial charge in [-0.25, -0.2) is 22.8 Å². The fraction of sp³-hybridized carbons (Fsp3) is 0.143. The van der Waals surface area contributed by atoms with Gasteiger partial charge in [0.05, 0.1) is 10.7 Å². The van der Waals surface area contributed by atoms with E-state index in [1.807, 2.05) is 0 Å². The molecule has 3 aromatic heterocycles. The highest BCUT2D eigenvalue weighted by Crippen LogP contribution is 2.38. The Balaban J connectivity index is 1.56. The van der Waals surface area contributed by atoms with E-state index in [1.54, 1.807) is 6.92 Å². The molecule has 4 rings (SSSR count). The zero-order chi connectivity index (χ0) is 24.6. The summed E-state index contributed by atoms with van der Waals surface area (Å²) < 4.78 is 46.3. The molecule has 0 bridgehead atoms. The number of nitrogens with one attached hydrogen (secondary N) is 1. The molecule has 34 heavy (non-hydrogen) atoms. The van der Waals surface area contributed by atoms with Crippen LogP contribution in [0.5, 0.6) is 5.75 Å². The molecule has 2 amide bonds. The van der Waals surface area contributed by atoms with Crippen molar-refractivity contribution in [3.63, 3.8) is 0 Å². The second-order valence-electron chi connectivity index (χ2n) is 7.06. The van der Waals surface area contributed by atoms with E-state index in [0.29, 0.717) is 16.7 Å². The lowest BCUT2D eigenvalue weighted by Crippen LogP contribution is -2.17. The lowest BCUT2D eigenvalue weighted by atomic mass is 10.1. The zero-order valence-corrected chi connectivity index (χ0v) is 18.9. The topological polar surface area (TPSA) is 112 Å². The maximum atomic E-state index is 13.3. The summed E-state index contributed by atoms with van der Waals surface area (Å²) in [5.41, 5.74) is 5.46. The van der Waals surface area contributed by atoms with Crippen LogP contribution in [0.3, 0.4) is 0 Å². The molecule has 176 valence electrons. The molecule has 0 saturated heterocycles. The van der Waals surface area contributed by atoms with Gasteiger partial charge in [0.1, 0.15) is 27.0 Å². The van der Waals surface area contributed by atoms with Gasteiger partial charge in [-0.2, -0.15) is 5.10 Å². The number of hydrogen-bond donors (Lipinski definition) is 2.